The molecule has 1 rings (SSSR count). The van der Waals surface area contributed by atoms with Crippen LogP contribution in [0, 0.1) is 5.92 Å². The first-order valence-electron chi connectivity index (χ1n) is 4.70. The minimum Gasteiger partial charge on any atom is -0.328 e. The lowest BCUT2D eigenvalue weighted by atomic mass is 9.96. The first-order chi connectivity index (χ1) is 6.50. The summed E-state index contributed by atoms with van der Waals surface area (Å²) in [5, 5.41) is 0.812. The van der Waals surface area contributed by atoms with Crippen LogP contribution < -0.4 is 5.73 Å². The van der Waals surface area contributed by atoms with Crippen LogP contribution in [0.4, 0.5) is 0 Å². The Hall–Kier alpha value is -0.0500. The minimum absolute atomic E-state index is 0.203. The highest BCUT2D eigenvalue weighted by Gasteiger charge is 2.10. The molecule has 0 amide bonds. The summed E-state index contributed by atoms with van der Waals surface area (Å²) in [5.41, 5.74) is 6.98. The van der Waals surface area contributed by atoms with Crippen molar-refractivity contribution in [2.24, 2.45) is 11.7 Å². The Kier molecular flexibility index (Phi) is 4.42. The standard InChI is InChI=1S/C11H15BrClN/c1-7(8(2)14)5-9-3-4-10(12)6-11(9)13/h3-4,6-8H,5,14H2,1-2H3. The fourth-order valence-corrected chi connectivity index (χ4v) is 1.97. The summed E-state index contributed by atoms with van der Waals surface area (Å²) in [5.74, 6) is 0.452. The summed E-state index contributed by atoms with van der Waals surface area (Å²) >= 11 is 9.49. The summed E-state index contributed by atoms with van der Waals surface area (Å²) in [4.78, 5) is 0. The maximum absolute atomic E-state index is 6.11. The second-order valence-electron chi connectivity index (χ2n) is 3.78. The van der Waals surface area contributed by atoms with E-state index in [0.29, 0.717) is 5.92 Å². The lowest BCUT2D eigenvalue weighted by Gasteiger charge is -2.16. The van der Waals surface area contributed by atoms with E-state index in [1.165, 1.54) is 5.56 Å². The van der Waals surface area contributed by atoms with Gasteiger partial charge in [-0.3, -0.25) is 0 Å². The molecule has 2 unspecified atom stereocenters. The molecule has 2 N–H and O–H groups in total. The van der Waals surface area contributed by atoms with E-state index < -0.39 is 0 Å². The van der Waals surface area contributed by atoms with Crippen LogP contribution >= 0.6 is 27.5 Å². The van der Waals surface area contributed by atoms with E-state index in [2.05, 4.69) is 22.9 Å². The van der Waals surface area contributed by atoms with Gasteiger partial charge in [0.15, 0.2) is 0 Å². The van der Waals surface area contributed by atoms with Crippen LogP contribution in [0.25, 0.3) is 0 Å². The molecule has 1 aromatic rings. The Morgan fingerprint density at radius 3 is 2.57 bits per heavy atom. The van der Waals surface area contributed by atoms with E-state index in [1.54, 1.807) is 0 Å². The zero-order valence-corrected chi connectivity index (χ0v) is 10.8. The van der Waals surface area contributed by atoms with Crippen molar-refractivity contribution in [3.05, 3.63) is 33.3 Å². The molecule has 0 heterocycles. The Balaban J connectivity index is 2.77. The number of benzene rings is 1. The van der Waals surface area contributed by atoms with Crippen LogP contribution in [0.2, 0.25) is 5.02 Å². The lowest BCUT2D eigenvalue weighted by Crippen LogP contribution is -2.25. The van der Waals surface area contributed by atoms with Gasteiger partial charge in [0.2, 0.25) is 0 Å². The molecule has 3 heteroatoms. The molecule has 0 fully saturated rings. The normalized spacial score (nSPS) is 15.2. The molecular weight excluding hydrogens is 261 g/mol. The molecule has 0 spiro atoms. The molecule has 0 radical (unpaired) electrons. The maximum Gasteiger partial charge on any atom is 0.0449 e. The number of halogens is 2. The van der Waals surface area contributed by atoms with Crippen molar-refractivity contribution >= 4 is 27.5 Å². The summed E-state index contributed by atoms with van der Waals surface area (Å²) in [6.45, 7) is 4.17. The predicted molar refractivity (Wildman–Crippen MR) is 65.7 cm³/mol. The Bertz CT molecular complexity index is 312. The van der Waals surface area contributed by atoms with E-state index in [-0.39, 0.29) is 6.04 Å². The topological polar surface area (TPSA) is 26.0 Å². The van der Waals surface area contributed by atoms with E-state index in [0.717, 1.165) is 15.9 Å². The van der Waals surface area contributed by atoms with Gasteiger partial charge in [-0.2, -0.15) is 0 Å². The van der Waals surface area contributed by atoms with Gasteiger partial charge in [-0.25, -0.2) is 0 Å². The summed E-state index contributed by atoms with van der Waals surface area (Å²) < 4.78 is 1.01. The fraction of sp³-hybridized carbons (Fsp3) is 0.455. The summed E-state index contributed by atoms with van der Waals surface area (Å²) in [6, 6.07) is 6.18. The number of nitrogens with two attached hydrogens (primary N) is 1. The first-order valence-corrected chi connectivity index (χ1v) is 5.87. The van der Waals surface area contributed by atoms with Crippen molar-refractivity contribution < 1.29 is 0 Å². The van der Waals surface area contributed by atoms with Crippen LogP contribution in [-0.4, -0.2) is 6.04 Å². The number of rotatable bonds is 3. The van der Waals surface area contributed by atoms with Gasteiger partial charge in [0.1, 0.15) is 0 Å². The fourth-order valence-electron chi connectivity index (χ4n) is 1.22. The monoisotopic (exact) mass is 275 g/mol. The van der Waals surface area contributed by atoms with Crippen LogP contribution in [0.5, 0.6) is 0 Å². The van der Waals surface area contributed by atoms with Crippen LogP contribution in [-0.2, 0) is 6.42 Å². The van der Waals surface area contributed by atoms with Crippen molar-refractivity contribution in [2.45, 2.75) is 26.3 Å². The Morgan fingerprint density at radius 1 is 1.43 bits per heavy atom. The van der Waals surface area contributed by atoms with Gasteiger partial charge in [-0.15, -0.1) is 0 Å². The highest BCUT2D eigenvalue weighted by molar-refractivity contribution is 9.10. The van der Waals surface area contributed by atoms with Crippen molar-refractivity contribution in [3.8, 4) is 0 Å². The van der Waals surface area contributed by atoms with Crippen LogP contribution in [0.1, 0.15) is 19.4 Å². The Labute approximate surface area is 98.8 Å². The SMILES string of the molecule is CC(N)C(C)Cc1ccc(Br)cc1Cl. The highest BCUT2D eigenvalue weighted by atomic mass is 79.9. The zero-order chi connectivity index (χ0) is 10.7. The van der Waals surface area contributed by atoms with Crippen LogP contribution in [0.15, 0.2) is 22.7 Å². The molecule has 0 saturated carbocycles. The second kappa shape index (κ2) is 5.15. The molecular formula is C11H15BrClN. The minimum atomic E-state index is 0.203. The lowest BCUT2D eigenvalue weighted by molar-refractivity contribution is 0.482. The first kappa shape index (κ1) is 12.0. The van der Waals surface area contributed by atoms with E-state index in [9.17, 15) is 0 Å². The zero-order valence-electron chi connectivity index (χ0n) is 8.43. The van der Waals surface area contributed by atoms with Crippen molar-refractivity contribution in [3.63, 3.8) is 0 Å². The molecule has 14 heavy (non-hydrogen) atoms. The third kappa shape index (κ3) is 3.26. The van der Waals surface area contributed by atoms with Crippen LogP contribution in [0.3, 0.4) is 0 Å². The molecule has 2 atom stereocenters. The second-order valence-corrected chi connectivity index (χ2v) is 5.10. The number of hydrogen-bond acceptors (Lipinski definition) is 1. The summed E-state index contributed by atoms with van der Waals surface area (Å²) in [6.07, 6.45) is 0.934. The Morgan fingerprint density at radius 2 is 2.07 bits per heavy atom. The predicted octanol–water partition coefficient (Wildman–Crippen LogP) is 3.63. The van der Waals surface area contributed by atoms with Gasteiger partial charge in [-0.1, -0.05) is 40.5 Å². The third-order valence-corrected chi connectivity index (χ3v) is 3.30. The maximum atomic E-state index is 6.11. The quantitative estimate of drug-likeness (QED) is 0.896. The molecule has 0 aliphatic heterocycles. The third-order valence-electron chi connectivity index (χ3n) is 2.45. The van der Waals surface area contributed by atoms with E-state index in [1.807, 2.05) is 25.1 Å². The molecule has 1 aromatic carbocycles. The van der Waals surface area contributed by atoms with Crippen molar-refractivity contribution in [2.75, 3.05) is 0 Å². The highest BCUT2D eigenvalue weighted by Crippen LogP contribution is 2.24. The molecule has 0 aliphatic carbocycles. The van der Waals surface area contributed by atoms with Gasteiger partial charge in [0.05, 0.1) is 0 Å². The summed E-state index contributed by atoms with van der Waals surface area (Å²) in [7, 11) is 0. The molecule has 1 nitrogen and oxygen atoms in total. The largest absolute Gasteiger partial charge is 0.328 e. The smallest absolute Gasteiger partial charge is 0.0449 e. The van der Waals surface area contributed by atoms with Gasteiger partial charge < -0.3 is 5.73 Å². The van der Waals surface area contributed by atoms with E-state index in [4.69, 9.17) is 17.3 Å². The molecule has 0 bridgehead atoms. The van der Waals surface area contributed by atoms with Gasteiger partial charge in [0, 0.05) is 15.5 Å². The molecule has 0 aliphatic rings. The average molecular weight is 277 g/mol. The van der Waals surface area contributed by atoms with Crippen molar-refractivity contribution in [1.29, 1.82) is 0 Å². The molecule has 78 valence electrons. The molecule has 0 saturated heterocycles. The van der Waals surface area contributed by atoms with Crippen molar-refractivity contribution in [1.82, 2.24) is 0 Å². The van der Waals surface area contributed by atoms with Gasteiger partial charge in [0.25, 0.3) is 0 Å². The molecule has 0 aromatic heterocycles. The number of hydrogen-bond donors (Lipinski definition) is 1. The van der Waals surface area contributed by atoms with Gasteiger partial charge >= 0.3 is 0 Å². The van der Waals surface area contributed by atoms with Gasteiger partial charge in [-0.05, 0) is 37.0 Å². The van der Waals surface area contributed by atoms with E-state index >= 15 is 0 Å². The average Bonchev–Trinajstić information content (AvgIpc) is 2.09.